The minimum Gasteiger partial charge on any atom is -0.300 e. The van der Waals surface area contributed by atoms with E-state index in [4.69, 9.17) is 0 Å². The predicted octanol–water partition coefficient (Wildman–Crippen LogP) is 4.92. The number of benzene rings is 1. The SMILES string of the molecule is Cc1ccc(S[C@H]2CC(=O)C[C@H]([Si](C)(C)C)C2)cc1. The van der Waals surface area contributed by atoms with Crippen molar-refractivity contribution in [3.63, 3.8) is 0 Å². The fourth-order valence-electron chi connectivity index (χ4n) is 2.65. The summed E-state index contributed by atoms with van der Waals surface area (Å²) < 4.78 is 0. The second kappa shape index (κ2) is 5.84. The molecular formula is C16H24OSSi. The van der Waals surface area contributed by atoms with Crippen LogP contribution in [0.25, 0.3) is 0 Å². The number of hydrogen-bond donors (Lipinski definition) is 0. The van der Waals surface area contributed by atoms with Crippen molar-refractivity contribution in [2.45, 2.75) is 61.5 Å². The Morgan fingerprint density at radius 3 is 2.32 bits per heavy atom. The Hall–Kier alpha value is -0.543. The molecule has 0 unspecified atom stereocenters. The number of carbonyl (C=O) groups excluding carboxylic acids is 1. The molecule has 104 valence electrons. The van der Waals surface area contributed by atoms with Crippen LogP contribution in [-0.4, -0.2) is 19.1 Å². The van der Waals surface area contributed by atoms with E-state index in [0.29, 0.717) is 16.6 Å². The summed E-state index contributed by atoms with van der Waals surface area (Å²) in [6.45, 7) is 9.29. The molecule has 0 bridgehead atoms. The van der Waals surface area contributed by atoms with Gasteiger partial charge in [0.05, 0.1) is 0 Å². The summed E-state index contributed by atoms with van der Waals surface area (Å²) in [5.41, 5.74) is 1.96. The molecule has 3 heteroatoms. The van der Waals surface area contributed by atoms with Crippen molar-refractivity contribution in [1.82, 2.24) is 0 Å². The van der Waals surface area contributed by atoms with Crippen molar-refractivity contribution in [1.29, 1.82) is 0 Å². The first-order chi connectivity index (χ1) is 8.84. The molecule has 1 saturated carbocycles. The van der Waals surface area contributed by atoms with Gasteiger partial charge < -0.3 is 0 Å². The summed E-state index contributed by atoms with van der Waals surface area (Å²) in [4.78, 5) is 13.3. The van der Waals surface area contributed by atoms with Crippen molar-refractivity contribution in [3.05, 3.63) is 29.8 Å². The highest BCUT2D eigenvalue weighted by Crippen LogP contribution is 2.41. The van der Waals surface area contributed by atoms with Crippen molar-refractivity contribution in [3.8, 4) is 0 Å². The lowest BCUT2D eigenvalue weighted by molar-refractivity contribution is -0.120. The molecule has 2 rings (SSSR count). The van der Waals surface area contributed by atoms with E-state index in [0.717, 1.165) is 12.8 Å². The van der Waals surface area contributed by atoms with E-state index in [1.54, 1.807) is 0 Å². The predicted molar refractivity (Wildman–Crippen MR) is 86.8 cm³/mol. The number of rotatable bonds is 3. The second-order valence-electron chi connectivity index (χ2n) is 6.80. The van der Waals surface area contributed by atoms with E-state index < -0.39 is 8.07 Å². The van der Waals surface area contributed by atoms with Crippen LogP contribution >= 0.6 is 11.8 Å². The van der Waals surface area contributed by atoms with Gasteiger partial charge in [-0.05, 0) is 31.0 Å². The van der Waals surface area contributed by atoms with Crippen molar-refractivity contribution < 1.29 is 4.79 Å². The Balaban J connectivity index is 2.04. The summed E-state index contributed by atoms with van der Waals surface area (Å²) in [5.74, 6) is 0.475. The minimum atomic E-state index is -1.20. The van der Waals surface area contributed by atoms with Gasteiger partial charge in [-0.15, -0.1) is 11.8 Å². The zero-order valence-corrected chi connectivity index (χ0v) is 14.2. The molecule has 0 radical (unpaired) electrons. The first-order valence-electron chi connectivity index (χ1n) is 7.09. The van der Waals surface area contributed by atoms with Gasteiger partial charge in [-0.2, -0.15) is 0 Å². The standard InChI is InChI=1S/C16H24OSSi/c1-12-5-7-14(8-6-12)18-15-9-13(17)10-16(11-15)19(2,3)4/h5-8,15-16H,9-11H2,1-4H3/t15-,16-/m0/s1. The molecule has 1 aromatic rings. The summed E-state index contributed by atoms with van der Waals surface area (Å²) in [5, 5.41) is 0.487. The number of ketones is 1. The number of hydrogen-bond acceptors (Lipinski definition) is 2. The van der Waals surface area contributed by atoms with Crippen LogP contribution in [0.2, 0.25) is 25.2 Å². The highest BCUT2D eigenvalue weighted by atomic mass is 32.2. The van der Waals surface area contributed by atoms with Crippen LogP contribution in [0.4, 0.5) is 0 Å². The van der Waals surface area contributed by atoms with E-state index in [9.17, 15) is 4.79 Å². The van der Waals surface area contributed by atoms with Gasteiger partial charge >= 0.3 is 0 Å². The molecule has 0 aromatic heterocycles. The average molecular weight is 293 g/mol. The summed E-state index contributed by atoms with van der Waals surface area (Å²) in [6.07, 6.45) is 2.82. The number of Topliss-reactive ketones (excluding diaryl/α,β-unsaturated/α-hetero) is 1. The van der Waals surface area contributed by atoms with Gasteiger partial charge in [-0.25, -0.2) is 0 Å². The molecule has 0 aliphatic heterocycles. The van der Waals surface area contributed by atoms with Gasteiger partial charge in [0.25, 0.3) is 0 Å². The Morgan fingerprint density at radius 2 is 1.74 bits per heavy atom. The van der Waals surface area contributed by atoms with Crippen LogP contribution in [0.3, 0.4) is 0 Å². The van der Waals surface area contributed by atoms with Crippen LogP contribution in [-0.2, 0) is 4.79 Å². The lowest BCUT2D eigenvalue weighted by atomic mass is 9.98. The van der Waals surface area contributed by atoms with E-state index in [2.05, 4.69) is 50.8 Å². The first kappa shape index (κ1) is 14.9. The van der Waals surface area contributed by atoms with E-state index in [1.165, 1.54) is 16.9 Å². The third-order valence-corrected chi connectivity index (χ3v) is 8.15. The largest absolute Gasteiger partial charge is 0.300 e. The molecule has 0 spiro atoms. The smallest absolute Gasteiger partial charge is 0.134 e. The van der Waals surface area contributed by atoms with E-state index >= 15 is 0 Å². The van der Waals surface area contributed by atoms with Gasteiger partial charge in [0.2, 0.25) is 0 Å². The van der Waals surface area contributed by atoms with Crippen LogP contribution in [0.5, 0.6) is 0 Å². The van der Waals surface area contributed by atoms with Crippen LogP contribution < -0.4 is 0 Å². The molecule has 1 fully saturated rings. The molecule has 0 N–H and O–H groups in total. The third-order valence-electron chi connectivity index (χ3n) is 4.03. The number of thioether (sulfide) groups is 1. The topological polar surface area (TPSA) is 17.1 Å². The molecule has 19 heavy (non-hydrogen) atoms. The summed E-state index contributed by atoms with van der Waals surface area (Å²) in [7, 11) is -1.20. The van der Waals surface area contributed by atoms with Gasteiger partial charge in [0.15, 0.2) is 0 Å². The van der Waals surface area contributed by atoms with Crippen molar-refractivity contribution in [2.24, 2.45) is 0 Å². The lowest BCUT2D eigenvalue weighted by Crippen LogP contribution is -2.35. The maximum Gasteiger partial charge on any atom is 0.134 e. The van der Waals surface area contributed by atoms with Gasteiger partial charge in [0.1, 0.15) is 5.78 Å². The van der Waals surface area contributed by atoms with E-state index in [-0.39, 0.29) is 0 Å². The van der Waals surface area contributed by atoms with Crippen LogP contribution in [0, 0.1) is 6.92 Å². The molecule has 0 saturated heterocycles. The molecule has 1 aliphatic carbocycles. The Labute approximate surface area is 122 Å². The highest BCUT2D eigenvalue weighted by molar-refractivity contribution is 8.00. The molecule has 0 heterocycles. The van der Waals surface area contributed by atoms with Crippen LogP contribution in [0.1, 0.15) is 24.8 Å². The quantitative estimate of drug-likeness (QED) is 0.736. The minimum absolute atomic E-state index is 0.475. The average Bonchev–Trinajstić information content (AvgIpc) is 2.30. The third kappa shape index (κ3) is 4.21. The second-order valence-corrected chi connectivity index (χ2v) is 13.7. The zero-order chi connectivity index (χ0) is 14.0. The van der Waals surface area contributed by atoms with Gasteiger partial charge in [-0.3, -0.25) is 4.79 Å². The fourth-order valence-corrected chi connectivity index (χ4v) is 5.93. The molecule has 1 nitrogen and oxygen atoms in total. The fraction of sp³-hybridized carbons (Fsp3) is 0.562. The Morgan fingerprint density at radius 1 is 1.11 bits per heavy atom. The highest BCUT2D eigenvalue weighted by Gasteiger charge is 2.35. The van der Waals surface area contributed by atoms with Gasteiger partial charge in [0, 0.05) is 31.1 Å². The van der Waals surface area contributed by atoms with Crippen LogP contribution in [0.15, 0.2) is 29.2 Å². The normalized spacial score (nSPS) is 24.5. The molecule has 0 amide bonds. The molecular weight excluding hydrogens is 268 g/mol. The number of aryl methyl sites for hydroxylation is 1. The molecule has 1 aliphatic rings. The first-order valence-corrected chi connectivity index (χ1v) is 11.6. The van der Waals surface area contributed by atoms with Gasteiger partial charge in [-0.1, -0.05) is 37.3 Å². The molecule has 2 atom stereocenters. The van der Waals surface area contributed by atoms with Crippen molar-refractivity contribution in [2.75, 3.05) is 0 Å². The lowest BCUT2D eigenvalue weighted by Gasteiger charge is -2.35. The number of carbonyl (C=O) groups is 1. The van der Waals surface area contributed by atoms with E-state index in [1.807, 2.05) is 11.8 Å². The summed E-state index contributed by atoms with van der Waals surface area (Å²) in [6, 6.07) is 8.68. The Kier molecular flexibility index (Phi) is 4.57. The molecule has 1 aromatic carbocycles. The monoisotopic (exact) mass is 292 g/mol. The maximum absolute atomic E-state index is 12.0. The summed E-state index contributed by atoms with van der Waals surface area (Å²) >= 11 is 1.90. The zero-order valence-electron chi connectivity index (χ0n) is 12.4. The Bertz CT molecular complexity index is 447. The maximum atomic E-state index is 12.0. The van der Waals surface area contributed by atoms with Crippen molar-refractivity contribution >= 4 is 25.6 Å².